The molecule has 23 heavy (non-hydrogen) atoms. The molecule has 3 nitrogen and oxygen atoms in total. The number of nitrogens with zero attached hydrogens (tertiary/aromatic N) is 3. The normalized spacial score (nSPS) is 13.7. The molecule has 6 rings (SSSR count). The molecule has 0 saturated carbocycles. The van der Waals surface area contributed by atoms with E-state index in [1.54, 1.807) is 0 Å². The first-order chi connectivity index (χ1) is 11.4. The third kappa shape index (κ3) is 1.35. The van der Waals surface area contributed by atoms with Gasteiger partial charge in [-0.3, -0.25) is 0 Å². The van der Waals surface area contributed by atoms with Crippen LogP contribution in [0.2, 0.25) is 0 Å². The maximum atomic E-state index is 4.48. The predicted octanol–water partition coefficient (Wildman–Crippen LogP) is 3.25. The first kappa shape index (κ1) is 11.6. The van der Waals surface area contributed by atoms with Gasteiger partial charge in [0.05, 0.1) is 5.56 Å². The highest BCUT2D eigenvalue weighted by molar-refractivity contribution is 5.81. The summed E-state index contributed by atoms with van der Waals surface area (Å²) in [5.74, 6) is 0. The summed E-state index contributed by atoms with van der Waals surface area (Å²) in [5.41, 5.74) is 10.8. The van der Waals surface area contributed by atoms with Crippen molar-refractivity contribution in [3.63, 3.8) is 0 Å². The van der Waals surface area contributed by atoms with Crippen LogP contribution in [0.5, 0.6) is 0 Å². The van der Waals surface area contributed by atoms with E-state index in [2.05, 4.69) is 63.0 Å². The van der Waals surface area contributed by atoms with Crippen molar-refractivity contribution < 1.29 is 4.68 Å². The average molecular weight is 296 g/mol. The van der Waals surface area contributed by atoms with Crippen molar-refractivity contribution in [3.05, 3.63) is 77.6 Å². The van der Waals surface area contributed by atoms with Gasteiger partial charge in [-0.2, -0.15) is 0 Å². The van der Waals surface area contributed by atoms with E-state index in [0.717, 1.165) is 18.5 Å². The van der Waals surface area contributed by atoms with E-state index in [9.17, 15) is 0 Å². The first-order valence-corrected chi connectivity index (χ1v) is 8.00. The lowest BCUT2D eigenvalue weighted by molar-refractivity contribution is -0.749. The Hall–Kier alpha value is -2.94. The number of hydrogen-bond donors (Lipinski definition) is 0. The Morgan fingerprint density at radius 2 is 1.87 bits per heavy atom. The first-order valence-electron chi connectivity index (χ1n) is 8.00. The SMILES string of the molecule is c1ccc2c(c1)Cc1c-2ccc2c1C[n+]1cc3ncccc3n1-2. The monoisotopic (exact) mass is 296 g/mol. The molecule has 2 aliphatic rings. The minimum Gasteiger partial charge on any atom is -0.248 e. The van der Waals surface area contributed by atoms with Crippen molar-refractivity contribution in [2.45, 2.75) is 13.0 Å². The Kier molecular flexibility index (Phi) is 1.95. The minimum absolute atomic E-state index is 0.933. The van der Waals surface area contributed by atoms with Gasteiger partial charge in [-0.1, -0.05) is 30.3 Å². The van der Waals surface area contributed by atoms with Gasteiger partial charge in [-0.15, -0.1) is 9.36 Å². The molecule has 2 aromatic carbocycles. The summed E-state index contributed by atoms with van der Waals surface area (Å²) in [5, 5.41) is 0. The lowest BCUT2D eigenvalue weighted by atomic mass is 10.00. The highest BCUT2D eigenvalue weighted by Gasteiger charge is 2.33. The van der Waals surface area contributed by atoms with Crippen LogP contribution in [0.25, 0.3) is 27.8 Å². The van der Waals surface area contributed by atoms with Crippen molar-refractivity contribution in [2.24, 2.45) is 0 Å². The molecule has 0 bridgehead atoms. The maximum Gasteiger partial charge on any atom is 0.222 e. The van der Waals surface area contributed by atoms with Gasteiger partial charge in [0.25, 0.3) is 0 Å². The fourth-order valence-corrected chi connectivity index (χ4v) is 4.21. The predicted molar refractivity (Wildman–Crippen MR) is 88.6 cm³/mol. The van der Waals surface area contributed by atoms with Gasteiger partial charge < -0.3 is 0 Å². The van der Waals surface area contributed by atoms with E-state index in [1.807, 2.05) is 12.3 Å². The smallest absolute Gasteiger partial charge is 0.222 e. The lowest BCUT2D eigenvalue weighted by Gasteiger charge is -2.04. The van der Waals surface area contributed by atoms with Crippen LogP contribution >= 0.6 is 0 Å². The molecule has 108 valence electrons. The van der Waals surface area contributed by atoms with Gasteiger partial charge in [0.2, 0.25) is 12.7 Å². The molecule has 0 saturated heterocycles. The number of rotatable bonds is 0. The van der Waals surface area contributed by atoms with Gasteiger partial charge in [0.15, 0.2) is 5.52 Å². The molecule has 3 heteroatoms. The van der Waals surface area contributed by atoms with Crippen LogP contribution in [-0.2, 0) is 13.0 Å². The Morgan fingerprint density at radius 3 is 2.87 bits per heavy atom. The summed E-state index contributed by atoms with van der Waals surface area (Å²) in [6.45, 7) is 0.933. The zero-order valence-electron chi connectivity index (χ0n) is 12.5. The molecule has 1 aliphatic heterocycles. The molecule has 3 heterocycles. The molecule has 0 radical (unpaired) electrons. The van der Waals surface area contributed by atoms with Crippen LogP contribution in [0.4, 0.5) is 0 Å². The molecule has 0 amide bonds. The van der Waals surface area contributed by atoms with Crippen LogP contribution in [0, 0.1) is 0 Å². The minimum atomic E-state index is 0.933. The van der Waals surface area contributed by atoms with Gasteiger partial charge >= 0.3 is 0 Å². The second-order valence-corrected chi connectivity index (χ2v) is 6.37. The van der Waals surface area contributed by atoms with Crippen LogP contribution < -0.4 is 4.68 Å². The third-order valence-electron chi connectivity index (χ3n) is 5.20. The highest BCUT2D eigenvalue weighted by atomic mass is 15.4. The van der Waals surface area contributed by atoms with Gasteiger partial charge in [-0.25, -0.2) is 4.98 Å². The van der Waals surface area contributed by atoms with E-state index in [-0.39, 0.29) is 0 Å². The van der Waals surface area contributed by atoms with E-state index < -0.39 is 0 Å². The van der Waals surface area contributed by atoms with E-state index in [0.29, 0.717) is 0 Å². The molecule has 0 unspecified atom stereocenters. The standard InChI is InChI=1S/C20H14N3/c1-2-5-14-13(4-1)10-16-15(14)7-8-19-17(16)11-22-12-18-20(23(19)22)6-3-9-21-18/h1-9,12H,10-11H2/q+1. The topological polar surface area (TPSA) is 21.7 Å². The third-order valence-corrected chi connectivity index (χ3v) is 5.20. The van der Waals surface area contributed by atoms with Crippen LogP contribution in [-0.4, -0.2) is 9.67 Å². The molecule has 2 aromatic heterocycles. The zero-order chi connectivity index (χ0) is 15.0. The number of benzene rings is 2. The lowest BCUT2D eigenvalue weighted by Crippen LogP contribution is -2.36. The number of aromatic nitrogens is 3. The fourth-order valence-electron chi connectivity index (χ4n) is 4.21. The van der Waals surface area contributed by atoms with Crippen LogP contribution in [0.3, 0.4) is 0 Å². The molecule has 0 atom stereocenters. The average Bonchev–Trinajstić information content (AvgIpc) is 3.23. The van der Waals surface area contributed by atoms with E-state index in [4.69, 9.17) is 0 Å². The quantitative estimate of drug-likeness (QED) is 0.394. The van der Waals surface area contributed by atoms with Crippen LogP contribution in [0.1, 0.15) is 16.7 Å². The van der Waals surface area contributed by atoms with Crippen molar-refractivity contribution in [1.82, 2.24) is 9.67 Å². The summed E-state index contributed by atoms with van der Waals surface area (Å²) in [6.07, 6.45) is 5.07. The Labute approximate surface area is 133 Å². The van der Waals surface area contributed by atoms with Crippen molar-refractivity contribution in [1.29, 1.82) is 0 Å². The second-order valence-electron chi connectivity index (χ2n) is 6.37. The van der Waals surface area contributed by atoms with Gasteiger partial charge in [-0.05, 0) is 46.9 Å². The van der Waals surface area contributed by atoms with Gasteiger partial charge in [0.1, 0.15) is 11.2 Å². The summed E-state index contributed by atoms with van der Waals surface area (Å²) in [7, 11) is 0. The molecule has 0 fully saturated rings. The Balaban J connectivity index is 1.64. The van der Waals surface area contributed by atoms with Crippen molar-refractivity contribution >= 4 is 11.0 Å². The van der Waals surface area contributed by atoms with E-state index >= 15 is 0 Å². The molecule has 4 aromatic rings. The molecular weight excluding hydrogens is 282 g/mol. The second kappa shape index (κ2) is 3.87. The molecular formula is C20H14N3+. The number of hydrogen-bond acceptors (Lipinski definition) is 1. The number of pyridine rings is 1. The van der Waals surface area contributed by atoms with Crippen molar-refractivity contribution in [3.8, 4) is 16.8 Å². The maximum absolute atomic E-state index is 4.48. The Morgan fingerprint density at radius 1 is 0.913 bits per heavy atom. The zero-order valence-corrected chi connectivity index (χ0v) is 12.5. The van der Waals surface area contributed by atoms with Crippen LogP contribution in [0.15, 0.2) is 60.9 Å². The fraction of sp³-hybridized carbons (Fsp3) is 0.100. The molecule has 0 N–H and O–H groups in total. The van der Waals surface area contributed by atoms with E-state index in [1.165, 1.54) is 39.0 Å². The van der Waals surface area contributed by atoms with Crippen molar-refractivity contribution in [2.75, 3.05) is 0 Å². The summed E-state index contributed by atoms with van der Waals surface area (Å²) in [6, 6.07) is 17.5. The molecule has 0 spiro atoms. The summed E-state index contributed by atoms with van der Waals surface area (Å²) < 4.78 is 4.59. The van der Waals surface area contributed by atoms with Gasteiger partial charge in [0, 0.05) is 6.20 Å². The summed E-state index contributed by atoms with van der Waals surface area (Å²) >= 11 is 0. The Bertz CT molecular complexity index is 1120. The highest BCUT2D eigenvalue weighted by Crippen LogP contribution is 2.41. The largest absolute Gasteiger partial charge is 0.248 e. The number of fused-ring (bicyclic) bond motifs is 9. The summed E-state index contributed by atoms with van der Waals surface area (Å²) in [4.78, 5) is 4.48. The molecule has 1 aliphatic carbocycles.